The topological polar surface area (TPSA) is 163 Å². The number of alkyl halides is 9. The Bertz CT molecular complexity index is 1570. The molecule has 0 amide bonds. The highest BCUT2D eigenvalue weighted by Gasteiger charge is 2.46. The molecule has 2 aliphatic heterocycles. The van der Waals surface area contributed by atoms with Crippen LogP contribution in [0.4, 0.5) is 39.5 Å². The summed E-state index contributed by atoms with van der Waals surface area (Å²) in [5, 5.41) is 25.7. The van der Waals surface area contributed by atoms with Crippen LogP contribution in [0.5, 0.6) is 5.75 Å². The van der Waals surface area contributed by atoms with Crippen molar-refractivity contribution in [1.29, 1.82) is 0 Å². The Labute approximate surface area is 289 Å². The van der Waals surface area contributed by atoms with Crippen LogP contribution in [-0.2, 0) is 40.1 Å². The number of hydrogen-bond acceptors (Lipinski definition) is 8. The van der Waals surface area contributed by atoms with Crippen molar-refractivity contribution in [1.82, 2.24) is 29.1 Å². The number of methoxy groups -OCH3 is 1. The van der Waals surface area contributed by atoms with Crippen molar-refractivity contribution < 1.29 is 74.0 Å². The lowest BCUT2D eigenvalue weighted by Gasteiger charge is -2.50. The second-order valence-electron chi connectivity index (χ2n) is 11.2. The fourth-order valence-corrected chi connectivity index (χ4v) is 5.40. The van der Waals surface area contributed by atoms with Crippen LogP contribution in [0.1, 0.15) is 31.2 Å². The van der Waals surface area contributed by atoms with Gasteiger partial charge in [-0.25, -0.2) is 19.4 Å². The van der Waals surface area contributed by atoms with Crippen molar-refractivity contribution in [3.05, 3.63) is 54.2 Å². The van der Waals surface area contributed by atoms with Crippen LogP contribution in [-0.4, -0.2) is 114 Å². The van der Waals surface area contributed by atoms with E-state index in [-0.39, 0.29) is 5.54 Å². The minimum absolute atomic E-state index is 0.0316. The van der Waals surface area contributed by atoms with E-state index in [1.54, 1.807) is 7.11 Å². The number of benzene rings is 1. The first-order valence-electron chi connectivity index (χ1n) is 15.0. The molecule has 3 N–H and O–H groups in total. The molecule has 2 aliphatic rings. The van der Waals surface area contributed by atoms with Gasteiger partial charge in [-0.1, -0.05) is 19.1 Å². The molecule has 290 valence electrons. The van der Waals surface area contributed by atoms with E-state index in [4.69, 9.17) is 39.4 Å². The average molecular weight is 763 g/mol. The van der Waals surface area contributed by atoms with Crippen molar-refractivity contribution in [3.8, 4) is 17.0 Å². The predicted octanol–water partition coefficient (Wildman–Crippen LogP) is 5.02. The molecule has 13 nitrogen and oxygen atoms in total. The Kier molecular flexibility index (Phi) is 14.6. The van der Waals surface area contributed by atoms with E-state index in [1.807, 2.05) is 17.9 Å². The van der Waals surface area contributed by atoms with Crippen molar-refractivity contribution in [2.24, 2.45) is 7.05 Å². The van der Waals surface area contributed by atoms with Crippen LogP contribution in [0, 0.1) is 0 Å². The lowest BCUT2D eigenvalue weighted by atomic mass is 9.83. The van der Waals surface area contributed by atoms with Gasteiger partial charge >= 0.3 is 36.4 Å². The Morgan fingerprint density at radius 3 is 1.67 bits per heavy atom. The van der Waals surface area contributed by atoms with E-state index in [0.29, 0.717) is 0 Å². The normalized spacial score (nSPS) is 15.8. The Balaban J connectivity index is 0.000000365. The summed E-state index contributed by atoms with van der Waals surface area (Å²) < 4.78 is 105. The Hall–Kier alpha value is -4.86. The number of carboxylic acid groups (broad SMARTS) is 3. The quantitative estimate of drug-likeness (QED) is 0.299. The Morgan fingerprint density at radius 2 is 1.29 bits per heavy atom. The summed E-state index contributed by atoms with van der Waals surface area (Å²) in [7, 11) is 3.68. The van der Waals surface area contributed by atoms with Gasteiger partial charge in [-0.15, -0.1) is 0 Å². The number of aliphatic carboxylic acids is 3. The van der Waals surface area contributed by atoms with E-state index in [0.717, 1.165) is 63.4 Å². The summed E-state index contributed by atoms with van der Waals surface area (Å²) in [6, 6.07) is 8.46. The van der Waals surface area contributed by atoms with Crippen molar-refractivity contribution >= 4 is 17.9 Å². The molecule has 1 spiro atoms. The van der Waals surface area contributed by atoms with Gasteiger partial charge in [0.05, 0.1) is 30.7 Å². The van der Waals surface area contributed by atoms with E-state index in [2.05, 4.69) is 63.0 Å². The number of hydrogen-bond donors (Lipinski definition) is 3. The summed E-state index contributed by atoms with van der Waals surface area (Å²) in [6.45, 7) is 8.56. The van der Waals surface area contributed by atoms with Gasteiger partial charge in [0.25, 0.3) is 0 Å². The van der Waals surface area contributed by atoms with E-state index in [9.17, 15) is 39.5 Å². The van der Waals surface area contributed by atoms with Gasteiger partial charge in [-0.05, 0) is 37.1 Å². The molecule has 0 atom stereocenters. The second-order valence-corrected chi connectivity index (χ2v) is 11.2. The summed E-state index contributed by atoms with van der Waals surface area (Å²) in [5.41, 5.74) is 3.72. The number of imidazole rings is 1. The van der Waals surface area contributed by atoms with E-state index < -0.39 is 36.4 Å². The van der Waals surface area contributed by atoms with Gasteiger partial charge in [-0.3, -0.25) is 14.5 Å². The maximum absolute atomic E-state index is 10.6. The molecule has 0 bridgehead atoms. The average Bonchev–Trinajstić information content (AvgIpc) is 3.69. The molecule has 0 aliphatic carbocycles. The smallest absolute Gasteiger partial charge is 0.490 e. The van der Waals surface area contributed by atoms with Crippen LogP contribution in [0.3, 0.4) is 0 Å². The number of nitrogens with zero attached hydrogens (tertiary/aromatic N) is 6. The molecule has 2 aromatic heterocycles. The number of likely N-dealkylation sites (N-methyl/N-ethyl adjacent to an activating group) is 1. The molecule has 1 saturated heterocycles. The summed E-state index contributed by atoms with van der Waals surface area (Å²) in [4.78, 5) is 36.9. The number of carboxylic acids is 3. The monoisotopic (exact) mass is 762 g/mol. The van der Waals surface area contributed by atoms with Crippen LogP contribution < -0.4 is 4.74 Å². The lowest BCUT2D eigenvalue weighted by molar-refractivity contribution is -0.193. The second kappa shape index (κ2) is 17.6. The van der Waals surface area contributed by atoms with Gasteiger partial charge < -0.3 is 24.6 Å². The number of aryl methyl sites for hydroxylation is 1. The lowest BCUT2D eigenvalue weighted by Crippen LogP contribution is -2.57. The number of rotatable bonds is 5. The van der Waals surface area contributed by atoms with Gasteiger partial charge in [0, 0.05) is 51.5 Å². The summed E-state index contributed by atoms with van der Waals surface area (Å²) >= 11 is 0. The number of ether oxygens (including phenoxy) is 1. The molecule has 0 radical (unpaired) electrons. The van der Waals surface area contributed by atoms with Crippen molar-refractivity contribution in [2.75, 3.05) is 33.3 Å². The number of aromatic nitrogens is 4. The molecule has 52 heavy (non-hydrogen) atoms. The van der Waals surface area contributed by atoms with Crippen molar-refractivity contribution in [3.63, 3.8) is 0 Å². The zero-order valence-corrected chi connectivity index (χ0v) is 27.8. The molecular formula is C30H35F9N6O7. The third kappa shape index (κ3) is 11.9. The zero-order chi connectivity index (χ0) is 39.7. The van der Waals surface area contributed by atoms with Crippen LogP contribution >= 0.6 is 0 Å². The van der Waals surface area contributed by atoms with Crippen LogP contribution in [0.2, 0.25) is 0 Å². The van der Waals surface area contributed by atoms with Crippen LogP contribution in [0.25, 0.3) is 11.3 Å². The first-order chi connectivity index (χ1) is 24.0. The maximum Gasteiger partial charge on any atom is 0.490 e. The molecule has 4 heterocycles. The molecule has 22 heteroatoms. The van der Waals surface area contributed by atoms with E-state index in [1.165, 1.54) is 17.1 Å². The third-order valence-electron chi connectivity index (χ3n) is 7.83. The Morgan fingerprint density at radius 1 is 0.808 bits per heavy atom. The zero-order valence-electron chi connectivity index (χ0n) is 27.8. The fourth-order valence-electron chi connectivity index (χ4n) is 5.40. The number of piperidine rings is 1. The molecule has 3 aromatic rings. The highest BCUT2D eigenvalue weighted by molar-refractivity contribution is 5.73. The van der Waals surface area contributed by atoms with E-state index >= 15 is 0 Å². The van der Waals surface area contributed by atoms with Gasteiger partial charge in [0.2, 0.25) is 0 Å². The van der Waals surface area contributed by atoms with Gasteiger partial charge in [0.15, 0.2) is 0 Å². The SMILES string of the molecule is CCN1CCn2c(-c3cnn(C)c3)cnc2C12CCN(Cc1ccc(OC)cc1)CC2.O=C(O)C(F)(F)F.O=C(O)C(F)(F)F.O=C(O)C(F)(F)F. The van der Waals surface area contributed by atoms with Gasteiger partial charge in [-0.2, -0.15) is 44.6 Å². The molecule has 0 saturated carbocycles. The first-order valence-corrected chi connectivity index (χ1v) is 15.0. The number of fused-ring (bicyclic) bond motifs is 2. The number of halogens is 9. The fraction of sp³-hybridized carbons (Fsp3) is 0.500. The molecule has 1 aromatic carbocycles. The number of likely N-dealkylation sites (tertiary alicyclic amines) is 1. The highest BCUT2D eigenvalue weighted by Crippen LogP contribution is 2.42. The first kappa shape index (κ1) is 43.3. The molecule has 0 unspecified atom stereocenters. The standard InChI is InChI=1S/C24H32N6O.3C2HF3O2/c1-4-29-13-14-30-22(20-15-26-27(2)18-20)16-25-23(30)24(29)9-11-28(12-10-24)17-19-5-7-21(31-3)8-6-19;3*3-2(4,5)1(6)7/h5-8,15-16,18H,4,9-14,17H2,1-3H3;3*(H,6,7). The molecule has 1 fully saturated rings. The highest BCUT2D eigenvalue weighted by atomic mass is 19.4. The maximum atomic E-state index is 10.6. The number of carbonyl (C=O) groups is 3. The van der Waals surface area contributed by atoms with Crippen molar-refractivity contribution in [2.45, 2.75) is 56.9 Å². The molecule has 5 rings (SSSR count). The summed E-state index contributed by atoms with van der Waals surface area (Å²) in [6.07, 6.45) is -6.95. The predicted molar refractivity (Wildman–Crippen MR) is 162 cm³/mol. The van der Waals surface area contributed by atoms with Crippen LogP contribution in [0.15, 0.2) is 42.9 Å². The largest absolute Gasteiger partial charge is 0.497 e. The third-order valence-corrected chi connectivity index (χ3v) is 7.83. The molecular weight excluding hydrogens is 727 g/mol. The minimum Gasteiger partial charge on any atom is -0.497 e. The summed E-state index contributed by atoms with van der Waals surface area (Å²) in [5.74, 6) is -6.12. The minimum atomic E-state index is -5.08. The van der Waals surface area contributed by atoms with Gasteiger partial charge in [0.1, 0.15) is 11.6 Å².